The molecule has 0 aliphatic rings. The van der Waals surface area contributed by atoms with E-state index in [9.17, 15) is 10.2 Å². The van der Waals surface area contributed by atoms with Gasteiger partial charge in [0.05, 0.1) is 11.7 Å². The van der Waals surface area contributed by atoms with Crippen LogP contribution in [0.1, 0.15) is 53.9 Å². The first-order chi connectivity index (χ1) is 6.23. The maximum absolute atomic E-state index is 10.1. The highest BCUT2D eigenvalue weighted by molar-refractivity contribution is 4.77. The molecule has 0 fully saturated rings. The Labute approximate surface area is 88.3 Å². The van der Waals surface area contributed by atoms with Crippen LogP contribution in [0, 0.1) is 11.8 Å². The zero-order chi connectivity index (χ0) is 11.4. The number of aliphatic hydroxyl groups excluding tert-OH is 1. The van der Waals surface area contributed by atoms with Crippen molar-refractivity contribution in [2.75, 3.05) is 0 Å². The fraction of sp³-hybridized carbons (Fsp3) is 1.00. The first-order valence-electron chi connectivity index (χ1n) is 5.63. The highest BCUT2D eigenvalue weighted by Crippen LogP contribution is 2.26. The lowest BCUT2D eigenvalue weighted by Crippen LogP contribution is -2.29. The van der Waals surface area contributed by atoms with E-state index >= 15 is 0 Å². The van der Waals surface area contributed by atoms with Crippen LogP contribution in [0.2, 0.25) is 0 Å². The molecule has 0 saturated carbocycles. The maximum atomic E-state index is 10.1. The van der Waals surface area contributed by atoms with E-state index in [4.69, 9.17) is 0 Å². The minimum atomic E-state index is -0.581. The second-order valence-corrected chi connectivity index (χ2v) is 5.49. The fourth-order valence-electron chi connectivity index (χ4n) is 2.38. The number of rotatable bonds is 6. The normalized spacial score (nSPS) is 20.6. The van der Waals surface area contributed by atoms with Crippen LogP contribution in [0.5, 0.6) is 0 Å². The molecule has 3 atom stereocenters. The maximum Gasteiger partial charge on any atom is 0.0624 e. The molecule has 0 bridgehead atoms. The molecule has 14 heavy (non-hydrogen) atoms. The van der Waals surface area contributed by atoms with Crippen molar-refractivity contribution in [1.29, 1.82) is 0 Å². The highest BCUT2D eigenvalue weighted by Gasteiger charge is 2.24. The molecule has 0 rings (SSSR count). The van der Waals surface area contributed by atoms with Crippen LogP contribution in [0.15, 0.2) is 0 Å². The van der Waals surface area contributed by atoms with Gasteiger partial charge in [-0.1, -0.05) is 20.8 Å². The lowest BCUT2D eigenvalue weighted by Gasteiger charge is -2.28. The van der Waals surface area contributed by atoms with Gasteiger partial charge in [-0.2, -0.15) is 0 Å². The van der Waals surface area contributed by atoms with Gasteiger partial charge < -0.3 is 10.2 Å². The van der Waals surface area contributed by atoms with Gasteiger partial charge in [-0.25, -0.2) is 0 Å². The Morgan fingerprint density at radius 3 is 1.93 bits per heavy atom. The Balaban J connectivity index is 3.94. The zero-order valence-corrected chi connectivity index (χ0v) is 10.2. The van der Waals surface area contributed by atoms with Gasteiger partial charge in [-0.3, -0.25) is 0 Å². The van der Waals surface area contributed by atoms with Crippen molar-refractivity contribution in [3.8, 4) is 0 Å². The number of hydrogen-bond acceptors (Lipinski definition) is 2. The standard InChI is InChI=1S/C12H26O2/c1-9(2)7-12(5,14)8-10(3)6-11(4)13/h9-11,13-14H,6-8H2,1-5H3. The van der Waals surface area contributed by atoms with Gasteiger partial charge in [0.15, 0.2) is 0 Å². The van der Waals surface area contributed by atoms with E-state index < -0.39 is 5.60 Å². The summed E-state index contributed by atoms with van der Waals surface area (Å²) < 4.78 is 0. The van der Waals surface area contributed by atoms with Crippen LogP contribution >= 0.6 is 0 Å². The monoisotopic (exact) mass is 202 g/mol. The third kappa shape index (κ3) is 7.34. The number of hydrogen-bond donors (Lipinski definition) is 2. The molecule has 3 unspecified atom stereocenters. The molecule has 0 aromatic heterocycles. The van der Waals surface area contributed by atoms with Gasteiger partial charge in [0.1, 0.15) is 0 Å². The van der Waals surface area contributed by atoms with Crippen molar-refractivity contribution >= 4 is 0 Å². The van der Waals surface area contributed by atoms with E-state index in [1.165, 1.54) is 0 Å². The smallest absolute Gasteiger partial charge is 0.0624 e. The quantitative estimate of drug-likeness (QED) is 0.695. The molecular weight excluding hydrogens is 176 g/mol. The predicted molar refractivity (Wildman–Crippen MR) is 60.2 cm³/mol. The summed E-state index contributed by atoms with van der Waals surface area (Å²) >= 11 is 0. The number of aliphatic hydroxyl groups is 2. The van der Waals surface area contributed by atoms with Crippen LogP contribution in [-0.4, -0.2) is 21.9 Å². The summed E-state index contributed by atoms with van der Waals surface area (Å²) in [5.74, 6) is 0.896. The second-order valence-electron chi connectivity index (χ2n) is 5.49. The average Bonchev–Trinajstić information content (AvgIpc) is 1.77. The van der Waals surface area contributed by atoms with Crippen molar-refractivity contribution in [1.82, 2.24) is 0 Å². The van der Waals surface area contributed by atoms with Gasteiger partial charge >= 0.3 is 0 Å². The van der Waals surface area contributed by atoms with Gasteiger partial charge in [0.2, 0.25) is 0 Å². The molecule has 2 nitrogen and oxygen atoms in total. The van der Waals surface area contributed by atoms with E-state index in [-0.39, 0.29) is 6.10 Å². The minimum Gasteiger partial charge on any atom is -0.393 e. The Morgan fingerprint density at radius 1 is 1.07 bits per heavy atom. The molecule has 86 valence electrons. The summed E-state index contributed by atoms with van der Waals surface area (Å²) in [5, 5.41) is 19.3. The largest absolute Gasteiger partial charge is 0.393 e. The topological polar surface area (TPSA) is 40.5 Å². The Hall–Kier alpha value is -0.0800. The minimum absolute atomic E-state index is 0.264. The van der Waals surface area contributed by atoms with Crippen molar-refractivity contribution in [2.24, 2.45) is 11.8 Å². The van der Waals surface area contributed by atoms with E-state index in [1.54, 1.807) is 6.92 Å². The zero-order valence-electron chi connectivity index (χ0n) is 10.2. The Kier molecular flexibility index (Phi) is 5.68. The molecule has 2 N–H and O–H groups in total. The third-order valence-electron chi connectivity index (χ3n) is 2.38. The Morgan fingerprint density at radius 2 is 1.57 bits per heavy atom. The van der Waals surface area contributed by atoms with Gasteiger partial charge in [0, 0.05) is 0 Å². The highest BCUT2D eigenvalue weighted by atomic mass is 16.3. The van der Waals surface area contributed by atoms with Gasteiger partial charge in [0.25, 0.3) is 0 Å². The SMILES string of the molecule is CC(C)CC(C)(O)CC(C)CC(C)O. The lowest BCUT2D eigenvalue weighted by atomic mass is 9.84. The van der Waals surface area contributed by atoms with Crippen molar-refractivity contribution in [3.63, 3.8) is 0 Å². The summed E-state index contributed by atoms with van der Waals surface area (Å²) in [7, 11) is 0. The molecule has 0 saturated heterocycles. The van der Waals surface area contributed by atoms with E-state index in [0.29, 0.717) is 11.8 Å². The van der Waals surface area contributed by atoms with E-state index in [2.05, 4.69) is 20.8 Å². The Bertz CT molecular complexity index is 150. The molecule has 0 spiro atoms. The summed E-state index contributed by atoms with van der Waals surface area (Å²) in [5.41, 5.74) is -0.581. The van der Waals surface area contributed by atoms with Gasteiger partial charge in [-0.15, -0.1) is 0 Å². The molecule has 0 aliphatic heterocycles. The van der Waals surface area contributed by atoms with Crippen LogP contribution in [0.4, 0.5) is 0 Å². The van der Waals surface area contributed by atoms with E-state index in [1.807, 2.05) is 6.92 Å². The van der Waals surface area contributed by atoms with Crippen molar-refractivity contribution in [3.05, 3.63) is 0 Å². The molecule has 0 aromatic carbocycles. The molecule has 0 aromatic rings. The fourth-order valence-corrected chi connectivity index (χ4v) is 2.38. The molecule has 2 heteroatoms. The average molecular weight is 202 g/mol. The van der Waals surface area contributed by atoms with Crippen LogP contribution in [0.25, 0.3) is 0 Å². The molecular formula is C12H26O2. The molecule has 0 aliphatic carbocycles. The molecule has 0 heterocycles. The van der Waals surface area contributed by atoms with Crippen molar-refractivity contribution in [2.45, 2.75) is 65.6 Å². The molecule has 0 radical (unpaired) electrons. The summed E-state index contributed by atoms with van der Waals surface area (Å²) in [6.45, 7) is 10.0. The lowest BCUT2D eigenvalue weighted by molar-refractivity contribution is 0.0101. The summed E-state index contributed by atoms with van der Waals surface area (Å²) in [6, 6.07) is 0. The third-order valence-corrected chi connectivity index (χ3v) is 2.38. The van der Waals surface area contributed by atoms with Gasteiger partial charge in [-0.05, 0) is 44.9 Å². The van der Waals surface area contributed by atoms with Crippen LogP contribution < -0.4 is 0 Å². The molecule has 0 amide bonds. The van der Waals surface area contributed by atoms with Crippen LogP contribution in [0.3, 0.4) is 0 Å². The first-order valence-corrected chi connectivity index (χ1v) is 5.63. The second kappa shape index (κ2) is 5.72. The predicted octanol–water partition coefficient (Wildman–Crippen LogP) is 2.58. The summed E-state index contributed by atoms with van der Waals surface area (Å²) in [6.07, 6.45) is 2.11. The van der Waals surface area contributed by atoms with E-state index in [0.717, 1.165) is 19.3 Å². The van der Waals surface area contributed by atoms with Crippen molar-refractivity contribution < 1.29 is 10.2 Å². The first kappa shape index (κ1) is 13.9. The summed E-state index contributed by atoms with van der Waals surface area (Å²) in [4.78, 5) is 0. The van der Waals surface area contributed by atoms with Crippen LogP contribution in [-0.2, 0) is 0 Å².